The number of nitrogens with one attached hydrogen (secondary N) is 1. The van der Waals surface area contributed by atoms with Crippen LogP contribution in [0.15, 0.2) is 48.6 Å². The standard InChI is InChI=1S/C35H45ClN2O6S/c1-4-44-35(21-39)16-5-7-23(2)24(3)45(41,42)37-33(40)26-10-14-32-31(18-26)38(19-27-9-12-30(27)35)20-34(22-43-32)15-6-8-25-17-28(36)11-13-29(25)34/h5,10-11,13-14,16-18,23-24,27,30,39H,4,6-9,12,15,19-22H2,1-3H3,(H,37,40)/b16-5+/t23-,24+,27-,30?,34?,35?/m0/s1. The Morgan fingerprint density at radius 3 is 2.73 bits per heavy atom. The minimum absolute atomic E-state index is 0.0792. The Bertz CT molecular complexity index is 1580. The summed E-state index contributed by atoms with van der Waals surface area (Å²) in [6.45, 7) is 7.57. The fourth-order valence-corrected chi connectivity index (χ4v) is 9.47. The van der Waals surface area contributed by atoms with Crippen LogP contribution >= 0.6 is 11.6 Å². The van der Waals surface area contributed by atoms with Crippen molar-refractivity contribution in [1.29, 1.82) is 0 Å². The number of aryl methyl sites for hydroxylation is 1. The molecule has 0 aromatic heterocycles. The lowest BCUT2D eigenvalue weighted by Gasteiger charge is -2.50. The Hall–Kier alpha value is -2.59. The van der Waals surface area contributed by atoms with E-state index in [0.717, 1.165) is 42.8 Å². The van der Waals surface area contributed by atoms with E-state index in [2.05, 4.69) is 21.8 Å². The minimum atomic E-state index is -3.96. The summed E-state index contributed by atoms with van der Waals surface area (Å²) in [6, 6.07) is 11.4. The second-order valence-electron chi connectivity index (χ2n) is 13.6. The van der Waals surface area contributed by atoms with Crippen molar-refractivity contribution in [3.05, 3.63) is 70.3 Å². The van der Waals surface area contributed by atoms with Gasteiger partial charge in [0.2, 0.25) is 10.0 Å². The van der Waals surface area contributed by atoms with Crippen molar-refractivity contribution in [2.24, 2.45) is 17.8 Å². The highest BCUT2D eigenvalue weighted by Crippen LogP contribution is 2.49. The summed E-state index contributed by atoms with van der Waals surface area (Å²) >= 11 is 6.42. The van der Waals surface area contributed by atoms with E-state index in [4.69, 9.17) is 21.1 Å². The summed E-state index contributed by atoms with van der Waals surface area (Å²) in [5.74, 6) is 0.0649. The number of hydrogen-bond donors (Lipinski definition) is 2. The smallest absolute Gasteiger partial charge is 0.264 e. The first-order valence-electron chi connectivity index (χ1n) is 16.3. The number of rotatable bonds is 3. The molecule has 1 spiro atoms. The number of carbonyl (C=O) groups is 1. The second-order valence-corrected chi connectivity index (χ2v) is 16.0. The van der Waals surface area contributed by atoms with Gasteiger partial charge in [-0.25, -0.2) is 13.1 Å². The van der Waals surface area contributed by atoms with Crippen molar-refractivity contribution in [3.63, 3.8) is 0 Å². The fourth-order valence-electron chi connectivity index (χ4n) is 7.99. The lowest BCUT2D eigenvalue weighted by molar-refractivity contribution is -0.119. The van der Waals surface area contributed by atoms with E-state index in [9.17, 15) is 18.3 Å². The third-order valence-electron chi connectivity index (χ3n) is 10.9. The number of carbonyl (C=O) groups excluding carboxylic acids is 1. The molecule has 4 aliphatic rings. The number of aliphatic hydroxyl groups is 1. The molecule has 2 aromatic rings. The number of benzene rings is 2. The van der Waals surface area contributed by atoms with Gasteiger partial charge in [-0.3, -0.25) is 4.79 Å². The van der Waals surface area contributed by atoms with Crippen LogP contribution in [-0.4, -0.2) is 63.2 Å². The molecule has 8 nitrogen and oxygen atoms in total. The predicted octanol–water partition coefficient (Wildman–Crippen LogP) is 5.65. The number of ether oxygens (including phenoxy) is 2. The number of nitrogens with zero attached hydrogens (tertiary/aromatic N) is 1. The van der Waals surface area contributed by atoms with Crippen LogP contribution in [0.25, 0.3) is 0 Å². The van der Waals surface area contributed by atoms with Gasteiger partial charge in [0.25, 0.3) is 5.91 Å². The summed E-state index contributed by atoms with van der Waals surface area (Å²) in [5.41, 5.74) is 2.39. The first-order chi connectivity index (χ1) is 21.5. The van der Waals surface area contributed by atoms with Crippen molar-refractivity contribution in [3.8, 4) is 5.75 Å². The van der Waals surface area contributed by atoms with Crippen molar-refractivity contribution >= 4 is 33.2 Å². The molecule has 10 heteroatoms. The number of sulfonamides is 1. The zero-order valence-corrected chi connectivity index (χ0v) is 28.0. The first-order valence-corrected chi connectivity index (χ1v) is 18.2. The van der Waals surface area contributed by atoms with Gasteiger partial charge in [0.05, 0.1) is 24.2 Å². The molecule has 2 heterocycles. The molecule has 45 heavy (non-hydrogen) atoms. The summed E-state index contributed by atoms with van der Waals surface area (Å²) in [5, 5.41) is 10.7. The molecule has 0 radical (unpaired) electrons. The van der Waals surface area contributed by atoms with Gasteiger partial charge in [0.15, 0.2) is 0 Å². The van der Waals surface area contributed by atoms with Crippen LogP contribution in [-0.2, 0) is 26.6 Å². The van der Waals surface area contributed by atoms with Crippen molar-refractivity contribution in [1.82, 2.24) is 4.72 Å². The average molecular weight is 657 g/mol. The number of amides is 1. The van der Waals surface area contributed by atoms with Gasteiger partial charge in [-0.05, 0) is 112 Å². The van der Waals surface area contributed by atoms with Gasteiger partial charge in [-0.2, -0.15) is 0 Å². The summed E-state index contributed by atoms with van der Waals surface area (Å²) in [6.07, 6.45) is 9.22. The van der Waals surface area contributed by atoms with Crippen LogP contribution in [0.1, 0.15) is 74.4 Å². The van der Waals surface area contributed by atoms with Crippen LogP contribution in [0, 0.1) is 17.8 Å². The van der Waals surface area contributed by atoms with E-state index in [1.165, 1.54) is 11.1 Å². The molecule has 1 saturated carbocycles. The van der Waals surface area contributed by atoms with Gasteiger partial charge >= 0.3 is 0 Å². The van der Waals surface area contributed by atoms with Crippen LogP contribution in [0.2, 0.25) is 5.02 Å². The number of allylic oxidation sites excluding steroid dienone is 1. The average Bonchev–Trinajstić information content (AvgIpc) is 3.15. The van der Waals surface area contributed by atoms with Crippen LogP contribution in [0.5, 0.6) is 5.75 Å². The quantitative estimate of drug-likeness (QED) is 0.412. The molecule has 244 valence electrons. The molecule has 2 aliphatic heterocycles. The highest BCUT2D eigenvalue weighted by atomic mass is 35.5. The molecule has 3 unspecified atom stereocenters. The molecule has 6 atom stereocenters. The van der Waals surface area contributed by atoms with Crippen LogP contribution in [0.3, 0.4) is 0 Å². The third-order valence-corrected chi connectivity index (χ3v) is 13.0. The van der Waals surface area contributed by atoms with Gasteiger partial charge in [-0.15, -0.1) is 0 Å². The molecule has 0 saturated heterocycles. The summed E-state index contributed by atoms with van der Waals surface area (Å²) in [4.78, 5) is 15.8. The highest BCUT2D eigenvalue weighted by molar-refractivity contribution is 7.90. The number of fused-ring (bicyclic) bond motifs is 4. The molecule has 2 bridgehead atoms. The summed E-state index contributed by atoms with van der Waals surface area (Å²) < 4.78 is 41.9. The molecule has 1 amide bonds. The van der Waals surface area contributed by atoms with E-state index >= 15 is 0 Å². The van der Waals surface area contributed by atoms with Crippen molar-refractivity contribution in [2.45, 2.75) is 75.6 Å². The van der Waals surface area contributed by atoms with E-state index in [1.807, 2.05) is 32.1 Å². The van der Waals surface area contributed by atoms with Gasteiger partial charge in [0, 0.05) is 35.7 Å². The molecular weight excluding hydrogens is 612 g/mol. The molecule has 6 rings (SSSR count). The van der Waals surface area contributed by atoms with Crippen LogP contribution < -0.4 is 14.4 Å². The Labute approximate surface area is 272 Å². The Morgan fingerprint density at radius 1 is 1.18 bits per heavy atom. The lowest BCUT2D eigenvalue weighted by atomic mass is 9.64. The Morgan fingerprint density at radius 2 is 2.00 bits per heavy atom. The molecule has 2 N–H and O–H groups in total. The van der Waals surface area contributed by atoms with Crippen LogP contribution in [0.4, 0.5) is 5.69 Å². The highest BCUT2D eigenvalue weighted by Gasteiger charge is 2.49. The molecule has 2 aromatic carbocycles. The van der Waals surface area contributed by atoms with Gasteiger partial charge < -0.3 is 19.5 Å². The summed E-state index contributed by atoms with van der Waals surface area (Å²) in [7, 11) is -3.96. The van der Waals surface area contributed by atoms with Crippen molar-refractivity contribution < 1.29 is 27.8 Å². The second kappa shape index (κ2) is 12.5. The van der Waals surface area contributed by atoms with E-state index in [1.54, 1.807) is 25.1 Å². The maximum atomic E-state index is 13.4. The van der Waals surface area contributed by atoms with E-state index in [0.29, 0.717) is 38.5 Å². The van der Waals surface area contributed by atoms with Gasteiger partial charge in [0.1, 0.15) is 11.4 Å². The Balaban J connectivity index is 1.46. The third kappa shape index (κ3) is 6.01. The van der Waals surface area contributed by atoms with E-state index < -0.39 is 26.8 Å². The number of halogens is 1. The zero-order valence-electron chi connectivity index (χ0n) is 26.4. The fraction of sp³-hybridized carbons (Fsp3) is 0.571. The SMILES string of the molecule is CCOC1(CO)/C=C/C[C@H](C)[C@@H](C)S(=O)(=O)NC(=O)c2ccc3c(c2)N(C[C@@H]2CCC21)CC1(CCCc2cc(Cl)ccc21)CO3. The number of anilines is 1. The minimum Gasteiger partial charge on any atom is -0.490 e. The molecular formula is C35H45ClN2O6S. The van der Waals surface area contributed by atoms with Gasteiger partial charge in [-0.1, -0.05) is 36.7 Å². The molecule has 1 fully saturated rings. The Kier molecular flexibility index (Phi) is 9.02. The predicted molar refractivity (Wildman–Crippen MR) is 177 cm³/mol. The normalized spacial score (nSPS) is 33.5. The lowest BCUT2D eigenvalue weighted by Crippen LogP contribution is -2.54. The molecule has 2 aliphatic carbocycles. The monoisotopic (exact) mass is 656 g/mol. The van der Waals surface area contributed by atoms with E-state index in [-0.39, 0.29) is 35.3 Å². The zero-order chi connectivity index (χ0) is 32.0. The maximum Gasteiger partial charge on any atom is 0.264 e. The largest absolute Gasteiger partial charge is 0.490 e. The number of aliphatic hydroxyl groups excluding tert-OH is 1. The maximum absolute atomic E-state index is 13.4. The first kappa shape index (κ1) is 32.4. The van der Waals surface area contributed by atoms with Crippen molar-refractivity contribution in [2.75, 3.05) is 37.8 Å². The number of hydrogen-bond acceptors (Lipinski definition) is 7. The topological polar surface area (TPSA) is 105 Å².